The molecule has 0 unspecified atom stereocenters. The first-order valence-electron chi connectivity index (χ1n) is 11.6. The molecular weight excluding hydrogens is 499 g/mol. The van der Waals surface area contributed by atoms with E-state index in [1.165, 1.54) is 25.3 Å². The second kappa shape index (κ2) is 9.74. The van der Waals surface area contributed by atoms with Crippen molar-refractivity contribution in [2.45, 2.75) is 39.1 Å². The first-order chi connectivity index (χ1) is 17.8. The number of ether oxygens (including phenoxy) is 2. The van der Waals surface area contributed by atoms with E-state index in [1.54, 1.807) is 12.1 Å². The minimum absolute atomic E-state index is 0.00742. The lowest BCUT2D eigenvalue weighted by molar-refractivity contribution is -0.384. The molecule has 0 saturated heterocycles. The summed E-state index contributed by atoms with van der Waals surface area (Å²) in [4.78, 5) is 10.7. The smallest absolute Gasteiger partial charge is 0.416 e. The Balaban J connectivity index is 1.93. The third kappa shape index (κ3) is 5.13. The average Bonchev–Trinajstić information content (AvgIpc) is 2.85. The van der Waals surface area contributed by atoms with Crippen LogP contribution >= 0.6 is 0 Å². The Labute approximate surface area is 217 Å². The Kier molecular flexibility index (Phi) is 6.80. The number of methoxy groups -OCH3 is 1. The molecule has 1 N–H and O–H groups in total. The number of nitro benzene ring substituents is 1. The number of fused-ring (bicyclic) bond motifs is 1. The molecule has 0 bridgehead atoms. The number of anilines is 1. The minimum atomic E-state index is -4.57. The van der Waals surface area contributed by atoms with Gasteiger partial charge in [0.1, 0.15) is 24.2 Å². The van der Waals surface area contributed by atoms with Crippen molar-refractivity contribution in [3.63, 3.8) is 0 Å². The van der Waals surface area contributed by atoms with Crippen molar-refractivity contribution in [1.82, 2.24) is 0 Å². The molecule has 38 heavy (non-hydrogen) atoms. The SMILES string of the molecule is COc1ccc(C(F)(F)F)cc1-c1ccc2c(c1COc1cc([N+](=O)[O-])ccc1C#N)C(C)=CC(C)(C)N2. The molecule has 1 aliphatic heterocycles. The number of rotatable bonds is 6. The van der Waals surface area contributed by atoms with E-state index in [0.717, 1.165) is 35.0 Å². The normalized spacial score (nSPS) is 14.0. The van der Waals surface area contributed by atoms with Gasteiger partial charge in [-0.15, -0.1) is 0 Å². The first-order valence-corrected chi connectivity index (χ1v) is 11.6. The third-order valence-electron chi connectivity index (χ3n) is 6.23. The van der Waals surface area contributed by atoms with E-state index in [2.05, 4.69) is 5.32 Å². The van der Waals surface area contributed by atoms with E-state index in [4.69, 9.17) is 9.47 Å². The number of hydrogen-bond acceptors (Lipinski definition) is 6. The molecule has 1 heterocycles. The summed E-state index contributed by atoms with van der Waals surface area (Å²) in [6.07, 6.45) is -2.57. The number of alkyl halides is 3. The Bertz CT molecular complexity index is 1500. The number of nitrogens with zero attached hydrogens (tertiary/aromatic N) is 2. The van der Waals surface area contributed by atoms with Crippen LogP contribution in [0.15, 0.2) is 54.6 Å². The Morgan fingerprint density at radius 2 is 1.82 bits per heavy atom. The summed E-state index contributed by atoms with van der Waals surface area (Å²) in [5, 5.41) is 24.2. The fourth-order valence-electron chi connectivity index (χ4n) is 4.68. The molecule has 0 atom stereocenters. The number of halogens is 3. The lowest BCUT2D eigenvalue weighted by Gasteiger charge is -2.33. The zero-order chi connectivity index (χ0) is 27.8. The molecule has 0 spiro atoms. The standard InChI is InChI=1S/C28H24F3N3O4/c1-16-13-27(2,3)33-23-9-8-20(21-11-18(28(29,30)31)6-10-24(21)37-4)22(26(16)23)15-38-25-12-19(34(35)36)7-5-17(25)14-32/h5-13,33H,15H2,1-4H3. The van der Waals surface area contributed by atoms with Crippen LogP contribution < -0.4 is 14.8 Å². The van der Waals surface area contributed by atoms with Crippen molar-refractivity contribution in [3.05, 3.63) is 87.0 Å². The molecule has 3 aromatic carbocycles. The van der Waals surface area contributed by atoms with Gasteiger partial charge in [-0.25, -0.2) is 0 Å². The molecule has 0 aromatic heterocycles. The largest absolute Gasteiger partial charge is 0.496 e. The van der Waals surface area contributed by atoms with Crippen LogP contribution in [0.2, 0.25) is 0 Å². The molecule has 0 radical (unpaired) electrons. The summed E-state index contributed by atoms with van der Waals surface area (Å²) in [5.74, 6) is 0.227. The van der Waals surface area contributed by atoms with E-state index in [-0.39, 0.29) is 40.5 Å². The molecular formula is C28H24F3N3O4. The first kappa shape index (κ1) is 26.5. The monoisotopic (exact) mass is 523 g/mol. The number of nitrogens with one attached hydrogen (secondary N) is 1. The van der Waals surface area contributed by atoms with Crippen LogP contribution in [-0.2, 0) is 12.8 Å². The average molecular weight is 524 g/mol. The Hall–Kier alpha value is -4.52. The molecule has 0 aliphatic carbocycles. The van der Waals surface area contributed by atoms with Crippen LogP contribution in [0.3, 0.4) is 0 Å². The summed E-state index contributed by atoms with van der Waals surface area (Å²) in [7, 11) is 1.37. The molecule has 3 aromatic rings. The third-order valence-corrected chi connectivity index (χ3v) is 6.23. The topological polar surface area (TPSA) is 97.4 Å². The van der Waals surface area contributed by atoms with Gasteiger partial charge in [0.2, 0.25) is 0 Å². The molecule has 1 aliphatic rings. The van der Waals surface area contributed by atoms with Crippen molar-refractivity contribution in [2.75, 3.05) is 12.4 Å². The van der Waals surface area contributed by atoms with Gasteiger partial charge in [-0.1, -0.05) is 12.1 Å². The number of allylic oxidation sites excluding steroid dienone is 1. The van der Waals surface area contributed by atoms with Crippen molar-refractivity contribution in [3.8, 4) is 28.7 Å². The van der Waals surface area contributed by atoms with E-state index in [9.17, 15) is 28.5 Å². The van der Waals surface area contributed by atoms with Crippen molar-refractivity contribution >= 4 is 16.9 Å². The molecule has 0 fully saturated rings. The number of nitro groups is 1. The van der Waals surface area contributed by atoms with Crippen LogP contribution in [0.4, 0.5) is 24.5 Å². The highest BCUT2D eigenvalue weighted by molar-refractivity contribution is 5.88. The Morgan fingerprint density at radius 3 is 2.45 bits per heavy atom. The second-order valence-corrected chi connectivity index (χ2v) is 9.44. The molecule has 7 nitrogen and oxygen atoms in total. The van der Waals surface area contributed by atoms with E-state index < -0.39 is 16.7 Å². The number of nitriles is 1. The van der Waals surface area contributed by atoms with E-state index in [1.807, 2.05) is 32.9 Å². The maximum absolute atomic E-state index is 13.6. The van der Waals surface area contributed by atoms with Gasteiger partial charge in [-0.05, 0) is 62.2 Å². The van der Waals surface area contributed by atoms with E-state index >= 15 is 0 Å². The highest BCUT2D eigenvalue weighted by atomic mass is 19.4. The lowest BCUT2D eigenvalue weighted by atomic mass is 9.85. The highest BCUT2D eigenvalue weighted by Crippen LogP contribution is 2.44. The maximum atomic E-state index is 13.6. The highest BCUT2D eigenvalue weighted by Gasteiger charge is 2.32. The summed E-state index contributed by atoms with van der Waals surface area (Å²) < 4.78 is 52.2. The summed E-state index contributed by atoms with van der Waals surface area (Å²) in [6, 6.07) is 12.3. The summed E-state index contributed by atoms with van der Waals surface area (Å²) >= 11 is 0. The summed E-state index contributed by atoms with van der Waals surface area (Å²) in [5.41, 5.74) is 2.15. The van der Waals surface area contributed by atoms with Gasteiger partial charge in [0, 0.05) is 28.4 Å². The fraction of sp³-hybridized carbons (Fsp3) is 0.250. The fourth-order valence-corrected chi connectivity index (χ4v) is 4.68. The quantitative estimate of drug-likeness (QED) is 0.268. The molecule has 10 heteroatoms. The van der Waals surface area contributed by atoms with Crippen molar-refractivity contribution in [1.29, 1.82) is 5.26 Å². The van der Waals surface area contributed by atoms with Gasteiger partial charge in [0.05, 0.1) is 34.8 Å². The van der Waals surface area contributed by atoms with Gasteiger partial charge >= 0.3 is 6.18 Å². The molecule has 0 amide bonds. The molecule has 196 valence electrons. The van der Waals surface area contributed by atoms with Crippen LogP contribution in [0.5, 0.6) is 11.5 Å². The van der Waals surface area contributed by atoms with Gasteiger partial charge in [-0.3, -0.25) is 10.1 Å². The van der Waals surface area contributed by atoms with Gasteiger partial charge in [0.25, 0.3) is 5.69 Å². The van der Waals surface area contributed by atoms with Crippen molar-refractivity contribution in [2.24, 2.45) is 0 Å². The number of hydrogen-bond donors (Lipinski definition) is 1. The van der Waals surface area contributed by atoms with Crippen LogP contribution in [0.25, 0.3) is 16.7 Å². The lowest BCUT2D eigenvalue weighted by Crippen LogP contribution is -2.32. The van der Waals surface area contributed by atoms with Crippen molar-refractivity contribution < 1.29 is 27.6 Å². The van der Waals surface area contributed by atoms with Gasteiger partial charge < -0.3 is 14.8 Å². The van der Waals surface area contributed by atoms with Crippen LogP contribution in [0.1, 0.15) is 43.0 Å². The zero-order valence-corrected chi connectivity index (χ0v) is 21.1. The molecule has 4 rings (SSSR count). The predicted molar refractivity (Wildman–Crippen MR) is 137 cm³/mol. The second-order valence-electron chi connectivity index (χ2n) is 9.44. The predicted octanol–water partition coefficient (Wildman–Crippen LogP) is 7.35. The zero-order valence-electron chi connectivity index (χ0n) is 21.1. The molecule has 0 saturated carbocycles. The van der Waals surface area contributed by atoms with Gasteiger partial charge in [0.15, 0.2) is 0 Å². The number of benzene rings is 3. The van der Waals surface area contributed by atoms with Gasteiger partial charge in [-0.2, -0.15) is 18.4 Å². The maximum Gasteiger partial charge on any atom is 0.416 e. The van der Waals surface area contributed by atoms with E-state index in [0.29, 0.717) is 11.1 Å². The number of non-ortho nitro benzene ring substituents is 1. The van der Waals surface area contributed by atoms with Crippen LogP contribution in [0, 0.1) is 21.4 Å². The summed E-state index contributed by atoms with van der Waals surface area (Å²) in [6.45, 7) is 5.69. The Morgan fingerprint density at radius 1 is 1.08 bits per heavy atom. The van der Waals surface area contributed by atoms with Crippen LogP contribution in [-0.4, -0.2) is 17.6 Å². The minimum Gasteiger partial charge on any atom is -0.496 e.